The molecule has 1 rings (SSSR count). The quantitative estimate of drug-likeness (QED) is 0.456. The van der Waals surface area contributed by atoms with Gasteiger partial charge in [0.15, 0.2) is 6.10 Å². The van der Waals surface area contributed by atoms with E-state index in [2.05, 4.69) is 0 Å². The topological polar surface area (TPSA) is 141 Å². The summed E-state index contributed by atoms with van der Waals surface area (Å²) >= 11 is 0. The zero-order valence-corrected chi connectivity index (χ0v) is 8.57. The number of carboxylic acid groups (broad SMARTS) is 1. The summed E-state index contributed by atoms with van der Waals surface area (Å²) < 4.78 is 0. The number of rotatable bonds is 4. The number of hydrogen-bond acceptors (Lipinski definition) is 5. The van der Waals surface area contributed by atoms with Crippen LogP contribution in [0, 0.1) is 0 Å². The van der Waals surface area contributed by atoms with Crippen molar-refractivity contribution < 1.29 is 30.0 Å². The third-order valence-electron chi connectivity index (χ3n) is 2.18. The molecule has 1 aromatic carbocycles. The molecular formula is C10H11NO6. The van der Waals surface area contributed by atoms with Gasteiger partial charge >= 0.3 is 5.97 Å². The van der Waals surface area contributed by atoms with Crippen LogP contribution >= 0.6 is 0 Å². The third-order valence-corrected chi connectivity index (χ3v) is 2.18. The smallest absolute Gasteiger partial charge is 0.339 e. The zero-order chi connectivity index (χ0) is 13.2. The lowest BCUT2D eigenvalue weighted by molar-refractivity contribution is -0.131. The predicted octanol–water partition coefficient (Wildman–Crippen LogP) is -1.03. The first-order valence-electron chi connectivity index (χ1n) is 4.56. The molecule has 0 aliphatic heterocycles. The first kappa shape index (κ1) is 12.9. The van der Waals surface area contributed by atoms with Crippen LogP contribution in [0.15, 0.2) is 18.2 Å². The van der Waals surface area contributed by atoms with Crippen molar-refractivity contribution >= 4 is 11.9 Å². The van der Waals surface area contributed by atoms with Gasteiger partial charge in [0.1, 0.15) is 17.4 Å². The van der Waals surface area contributed by atoms with Crippen LogP contribution < -0.4 is 5.73 Å². The lowest BCUT2D eigenvalue weighted by Gasteiger charge is -2.15. The van der Waals surface area contributed by atoms with Gasteiger partial charge < -0.3 is 26.2 Å². The lowest BCUT2D eigenvalue weighted by atomic mass is 10.0. The minimum atomic E-state index is -1.85. The zero-order valence-electron chi connectivity index (χ0n) is 8.57. The van der Waals surface area contributed by atoms with E-state index < -0.39 is 35.4 Å². The molecule has 6 N–H and O–H groups in total. The van der Waals surface area contributed by atoms with Crippen LogP contribution in [0.1, 0.15) is 22.0 Å². The number of carboxylic acids is 1. The van der Waals surface area contributed by atoms with Crippen LogP contribution in [0.3, 0.4) is 0 Å². The maximum Gasteiger partial charge on any atom is 0.339 e. The summed E-state index contributed by atoms with van der Waals surface area (Å²) in [7, 11) is 0. The van der Waals surface area contributed by atoms with Gasteiger partial charge in [-0.3, -0.25) is 4.79 Å². The summed E-state index contributed by atoms with van der Waals surface area (Å²) in [6.45, 7) is 0. The van der Waals surface area contributed by atoms with E-state index >= 15 is 0 Å². The monoisotopic (exact) mass is 241 g/mol. The van der Waals surface area contributed by atoms with Gasteiger partial charge in [0.25, 0.3) is 0 Å². The summed E-state index contributed by atoms with van der Waals surface area (Å²) in [5.74, 6) is -3.02. The van der Waals surface area contributed by atoms with Crippen molar-refractivity contribution in [2.75, 3.05) is 0 Å². The number of aromatic hydroxyl groups is 1. The Morgan fingerprint density at radius 1 is 1.24 bits per heavy atom. The van der Waals surface area contributed by atoms with Gasteiger partial charge in [-0.1, -0.05) is 6.07 Å². The molecule has 0 spiro atoms. The largest absolute Gasteiger partial charge is 0.507 e. The standard InChI is InChI=1S/C10H11NO6/c11-9(15)8(14)7(13)4-1-2-6(12)5(3-4)10(16)17/h1-3,7-8,12-14H,(H2,11,15)(H,16,17). The second-order valence-corrected chi connectivity index (χ2v) is 3.37. The molecule has 1 amide bonds. The second kappa shape index (κ2) is 4.81. The molecule has 92 valence electrons. The molecule has 0 heterocycles. The Bertz CT molecular complexity index is 458. The maximum absolute atomic E-state index is 10.7. The van der Waals surface area contributed by atoms with Crippen LogP contribution in [0.25, 0.3) is 0 Å². The number of carbonyl (C=O) groups is 2. The average molecular weight is 241 g/mol. The molecule has 0 fully saturated rings. The average Bonchev–Trinajstić information content (AvgIpc) is 2.27. The molecule has 0 radical (unpaired) electrons. The van der Waals surface area contributed by atoms with Crippen molar-refractivity contribution in [3.05, 3.63) is 29.3 Å². The number of nitrogens with two attached hydrogens (primary N) is 1. The number of benzene rings is 1. The summed E-state index contributed by atoms with van der Waals surface area (Å²) in [5.41, 5.74) is 4.31. The number of carbonyl (C=O) groups excluding carboxylic acids is 1. The molecule has 7 heteroatoms. The number of aliphatic hydroxyl groups excluding tert-OH is 2. The van der Waals surface area contributed by atoms with Crippen LogP contribution in [-0.2, 0) is 4.79 Å². The molecule has 17 heavy (non-hydrogen) atoms. The SMILES string of the molecule is NC(=O)C(O)C(O)c1ccc(O)c(C(=O)O)c1. The van der Waals surface area contributed by atoms with E-state index in [1.54, 1.807) is 0 Å². The van der Waals surface area contributed by atoms with Crippen molar-refractivity contribution in [1.29, 1.82) is 0 Å². The highest BCUT2D eigenvalue weighted by Gasteiger charge is 2.24. The van der Waals surface area contributed by atoms with Crippen molar-refractivity contribution in [3.63, 3.8) is 0 Å². The van der Waals surface area contributed by atoms with Gasteiger partial charge in [0, 0.05) is 0 Å². The molecule has 0 aliphatic carbocycles. The fourth-order valence-corrected chi connectivity index (χ4v) is 1.25. The second-order valence-electron chi connectivity index (χ2n) is 3.37. The van der Waals surface area contributed by atoms with E-state index in [0.29, 0.717) is 0 Å². The van der Waals surface area contributed by atoms with Crippen molar-refractivity contribution in [3.8, 4) is 5.75 Å². The van der Waals surface area contributed by atoms with Gasteiger partial charge in [-0.15, -0.1) is 0 Å². The van der Waals surface area contributed by atoms with Gasteiger partial charge in [-0.2, -0.15) is 0 Å². The Morgan fingerprint density at radius 2 is 1.82 bits per heavy atom. The number of phenols is 1. The van der Waals surface area contributed by atoms with Gasteiger partial charge in [-0.05, 0) is 17.7 Å². The first-order valence-corrected chi connectivity index (χ1v) is 4.56. The molecule has 2 atom stereocenters. The highest BCUT2D eigenvalue weighted by molar-refractivity contribution is 5.91. The number of aromatic carboxylic acids is 1. The molecule has 0 saturated heterocycles. The highest BCUT2D eigenvalue weighted by Crippen LogP contribution is 2.24. The summed E-state index contributed by atoms with van der Waals surface area (Å²) in [4.78, 5) is 21.4. The maximum atomic E-state index is 10.7. The summed E-state index contributed by atoms with van der Waals surface area (Å²) in [6.07, 6.45) is -3.49. The molecule has 2 unspecified atom stereocenters. The molecule has 1 aromatic rings. The Hall–Kier alpha value is -2.12. The normalized spacial score (nSPS) is 14.0. The third kappa shape index (κ3) is 2.71. The molecule has 0 saturated carbocycles. The minimum absolute atomic E-state index is 0.0356. The first-order chi connectivity index (χ1) is 7.84. The van der Waals surface area contributed by atoms with E-state index in [9.17, 15) is 24.9 Å². The van der Waals surface area contributed by atoms with E-state index in [1.165, 1.54) is 6.07 Å². The number of hydrogen-bond donors (Lipinski definition) is 5. The van der Waals surface area contributed by atoms with E-state index in [-0.39, 0.29) is 5.56 Å². The fourth-order valence-electron chi connectivity index (χ4n) is 1.25. The molecular weight excluding hydrogens is 230 g/mol. The number of amides is 1. The molecule has 7 nitrogen and oxygen atoms in total. The minimum Gasteiger partial charge on any atom is -0.507 e. The van der Waals surface area contributed by atoms with Crippen LogP contribution in [0.4, 0.5) is 0 Å². The van der Waals surface area contributed by atoms with E-state index in [0.717, 1.165) is 12.1 Å². The van der Waals surface area contributed by atoms with Crippen LogP contribution in [-0.4, -0.2) is 38.4 Å². The predicted molar refractivity (Wildman–Crippen MR) is 55.2 cm³/mol. The van der Waals surface area contributed by atoms with Crippen molar-refractivity contribution in [2.45, 2.75) is 12.2 Å². The van der Waals surface area contributed by atoms with E-state index in [4.69, 9.17) is 10.8 Å². The molecule has 0 aliphatic rings. The van der Waals surface area contributed by atoms with E-state index in [1.807, 2.05) is 0 Å². The van der Waals surface area contributed by atoms with Crippen molar-refractivity contribution in [1.82, 2.24) is 0 Å². The van der Waals surface area contributed by atoms with Gasteiger partial charge in [-0.25, -0.2) is 4.79 Å². The Morgan fingerprint density at radius 3 is 2.29 bits per heavy atom. The summed E-state index contributed by atoms with van der Waals surface area (Å²) in [5, 5.41) is 36.7. The molecule has 0 bridgehead atoms. The van der Waals surface area contributed by atoms with Gasteiger partial charge in [0.05, 0.1) is 0 Å². The Kier molecular flexibility index (Phi) is 3.66. The van der Waals surface area contributed by atoms with Crippen LogP contribution in [0.5, 0.6) is 5.75 Å². The Balaban J connectivity index is 3.11. The summed E-state index contributed by atoms with van der Waals surface area (Å²) in [6, 6.07) is 3.17. The Labute approximate surface area is 95.7 Å². The fraction of sp³-hybridized carbons (Fsp3) is 0.200. The van der Waals surface area contributed by atoms with Crippen molar-refractivity contribution in [2.24, 2.45) is 5.73 Å². The van der Waals surface area contributed by atoms with Gasteiger partial charge in [0.2, 0.25) is 5.91 Å². The van der Waals surface area contributed by atoms with Crippen LogP contribution in [0.2, 0.25) is 0 Å². The highest BCUT2D eigenvalue weighted by atomic mass is 16.4. The lowest BCUT2D eigenvalue weighted by Crippen LogP contribution is -2.33. The molecule has 0 aromatic heterocycles. The number of aliphatic hydroxyl groups is 2. The number of primary amides is 1.